The summed E-state index contributed by atoms with van der Waals surface area (Å²) in [5.74, 6) is 0.0528. The number of hydrogen-bond donors (Lipinski definition) is 2. The Bertz CT molecular complexity index is 960. The Morgan fingerprint density at radius 2 is 2.05 bits per heavy atom. The van der Waals surface area contributed by atoms with Gasteiger partial charge in [0.1, 0.15) is 5.52 Å². The van der Waals surface area contributed by atoms with Crippen LogP contribution in [0.3, 0.4) is 0 Å². The second kappa shape index (κ2) is 4.68. The summed E-state index contributed by atoms with van der Waals surface area (Å²) in [4.78, 5) is 17.1. The van der Waals surface area contributed by atoms with E-state index in [1.165, 1.54) is 0 Å². The third kappa shape index (κ3) is 1.69. The first kappa shape index (κ1) is 13.0. The molecule has 5 nitrogen and oxygen atoms in total. The molecule has 0 fully saturated rings. The summed E-state index contributed by atoms with van der Waals surface area (Å²) in [6.07, 6.45) is 0.780. The van der Waals surface area contributed by atoms with Crippen molar-refractivity contribution < 1.29 is 5.11 Å². The lowest BCUT2D eigenvalue weighted by Crippen LogP contribution is -2.26. The molecule has 5 heteroatoms. The molecule has 0 amide bonds. The third-order valence-corrected chi connectivity index (χ3v) is 4.23. The van der Waals surface area contributed by atoms with Crippen LogP contribution < -0.4 is 11.3 Å². The molecule has 0 aliphatic carbocycles. The van der Waals surface area contributed by atoms with Gasteiger partial charge in [-0.1, -0.05) is 24.3 Å². The molecule has 3 N–H and O–H groups in total. The zero-order valence-electron chi connectivity index (χ0n) is 11.9. The van der Waals surface area contributed by atoms with Gasteiger partial charge in [0.2, 0.25) is 0 Å². The molecule has 4 rings (SSSR count). The van der Waals surface area contributed by atoms with Crippen molar-refractivity contribution in [2.75, 3.05) is 0 Å². The van der Waals surface area contributed by atoms with Crippen molar-refractivity contribution in [2.24, 2.45) is 5.73 Å². The summed E-state index contributed by atoms with van der Waals surface area (Å²) in [5, 5.41) is 11.2. The van der Waals surface area contributed by atoms with E-state index in [-0.39, 0.29) is 17.9 Å². The summed E-state index contributed by atoms with van der Waals surface area (Å²) in [6.45, 7) is 0.831. The molecular weight excluding hydrogens is 278 g/mol. The highest BCUT2D eigenvalue weighted by Crippen LogP contribution is 2.37. The monoisotopic (exact) mass is 293 g/mol. The van der Waals surface area contributed by atoms with E-state index in [1.807, 2.05) is 24.3 Å². The number of fused-ring (bicyclic) bond motifs is 4. The molecule has 1 aliphatic heterocycles. The minimum Gasteiger partial charge on any atom is -0.504 e. The number of hydrogen-bond acceptors (Lipinski definition) is 4. The molecule has 1 aliphatic rings. The number of pyridine rings is 2. The van der Waals surface area contributed by atoms with Gasteiger partial charge in [-0.3, -0.25) is 4.79 Å². The van der Waals surface area contributed by atoms with Crippen molar-refractivity contribution in [1.29, 1.82) is 0 Å². The van der Waals surface area contributed by atoms with Crippen LogP contribution in [0.2, 0.25) is 0 Å². The van der Waals surface area contributed by atoms with Gasteiger partial charge in [0.25, 0.3) is 5.56 Å². The van der Waals surface area contributed by atoms with Gasteiger partial charge in [-0.15, -0.1) is 0 Å². The number of aromatic hydroxyl groups is 1. The van der Waals surface area contributed by atoms with Crippen LogP contribution in [0.1, 0.15) is 11.3 Å². The first-order valence-electron chi connectivity index (χ1n) is 7.24. The Morgan fingerprint density at radius 1 is 1.23 bits per heavy atom. The Morgan fingerprint density at radius 3 is 2.86 bits per heavy atom. The third-order valence-electron chi connectivity index (χ3n) is 4.23. The average molecular weight is 293 g/mol. The van der Waals surface area contributed by atoms with Gasteiger partial charge in [0.15, 0.2) is 5.75 Å². The molecule has 0 saturated carbocycles. The highest BCUT2D eigenvalue weighted by atomic mass is 16.3. The van der Waals surface area contributed by atoms with Gasteiger partial charge in [-0.25, -0.2) is 4.98 Å². The maximum absolute atomic E-state index is 12.7. The number of nitrogens with two attached hydrogens (primary N) is 1. The SMILES string of the molecule is NCc1ccc2c(=O)n3c(c(O)c2n1)-c1ccccc1CC3. The molecule has 0 saturated heterocycles. The van der Waals surface area contributed by atoms with Crippen molar-refractivity contribution in [3.05, 3.63) is 58.0 Å². The molecule has 110 valence electrons. The Kier molecular flexibility index (Phi) is 2.77. The van der Waals surface area contributed by atoms with Crippen LogP contribution in [0.4, 0.5) is 0 Å². The van der Waals surface area contributed by atoms with E-state index in [4.69, 9.17) is 5.73 Å². The normalized spacial score (nSPS) is 13.0. The van der Waals surface area contributed by atoms with Crippen molar-refractivity contribution in [3.63, 3.8) is 0 Å². The maximum Gasteiger partial charge on any atom is 0.260 e. The quantitative estimate of drug-likeness (QED) is 0.716. The predicted molar refractivity (Wildman–Crippen MR) is 84.7 cm³/mol. The molecule has 2 aromatic heterocycles. The summed E-state index contributed by atoms with van der Waals surface area (Å²) in [5.41, 5.74) is 9.06. The average Bonchev–Trinajstić information content (AvgIpc) is 2.58. The fourth-order valence-corrected chi connectivity index (χ4v) is 3.14. The van der Waals surface area contributed by atoms with Crippen molar-refractivity contribution >= 4 is 10.9 Å². The van der Waals surface area contributed by atoms with E-state index in [1.54, 1.807) is 16.7 Å². The Balaban J connectivity index is 2.15. The lowest BCUT2D eigenvalue weighted by molar-refractivity contribution is 0.471. The molecule has 22 heavy (non-hydrogen) atoms. The van der Waals surface area contributed by atoms with E-state index >= 15 is 0 Å². The van der Waals surface area contributed by atoms with Crippen LogP contribution in [0, 0.1) is 0 Å². The van der Waals surface area contributed by atoms with Crippen LogP contribution in [-0.2, 0) is 19.5 Å². The van der Waals surface area contributed by atoms with Gasteiger partial charge in [-0.05, 0) is 24.1 Å². The largest absolute Gasteiger partial charge is 0.504 e. The summed E-state index contributed by atoms with van der Waals surface area (Å²) in [6, 6.07) is 11.3. The standard InChI is InChI=1S/C17H15N3O2/c18-9-11-5-6-13-14(19-11)16(21)15-12-4-2-1-3-10(12)7-8-20(15)17(13)22/h1-6,21H,7-9,18H2. The van der Waals surface area contributed by atoms with Gasteiger partial charge < -0.3 is 15.4 Å². The van der Waals surface area contributed by atoms with Crippen molar-refractivity contribution in [1.82, 2.24) is 9.55 Å². The van der Waals surface area contributed by atoms with E-state index < -0.39 is 0 Å². The first-order valence-corrected chi connectivity index (χ1v) is 7.24. The number of rotatable bonds is 1. The zero-order chi connectivity index (χ0) is 15.3. The Labute approximate surface area is 126 Å². The minimum absolute atomic E-state index is 0.0528. The van der Waals surface area contributed by atoms with Crippen LogP contribution in [-0.4, -0.2) is 14.7 Å². The molecule has 3 aromatic rings. The fourth-order valence-electron chi connectivity index (χ4n) is 3.14. The van der Waals surface area contributed by atoms with Gasteiger partial charge in [-0.2, -0.15) is 0 Å². The summed E-state index contributed by atoms with van der Waals surface area (Å²) < 4.78 is 1.64. The topological polar surface area (TPSA) is 81.1 Å². The number of benzene rings is 1. The molecule has 3 heterocycles. The van der Waals surface area contributed by atoms with Gasteiger partial charge >= 0.3 is 0 Å². The highest BCUT2D eigenvalue weighted by molar-refractivity contribution is 5.90. The van der Waals surface area contributed by atoms with E-state index in [0.717, 1.165) is 17.5 Å². The molecule has 0 spiro atoms. The minimum atomic E-state index is -0.117. The predicted octanol–water partition coefficient (Wildman–Crippen LogP) is 1.78. The second-order valence-electron chi connectivity index (χ2n) is 5.46. The number of aromatic nitrogens is 2. The molecule has 0 radical (unpaired) electrons. The van der Waals surface area contributed by atoms with E-state index in [9.17, 15) is 9.90 Å². The number of nitrogens with zero attached hydrogens (tertiary/aromatic N) is 2. The van der Waals surface area contributed by atoms with Crippen molar-refractivity contribution in [2.45, 2.75) is 19.5 Å². The van der Waals surface area contributed by atoms with Gasteiger partial charge in [0.05, 0.1) is 16.8 Å². The van der Waals surface area contributed by atoms with Crippen LogP contribution in [0.15, 0.2) is 41.2 Å². The second-order valence-corrected chi connectivity index (χ2v) is 5.46. The van der Waals surface area contributed by atoms with E-state index in [2.05, 4.69) is 4.98 Å². The fraction of sp³-hybridized carbons (Fsp3) is 0.176. The molecule has 0 atom stereocenters. The number of aryl methyl sites for hydroxylation is 1. The zero-order valence-corrected chi connectivity index (χ0v) is 11.9. The lowest BCUT2D eigenvalue weighted by atomic mass is 9.96. The maximum atomic E-state index is 12.7. The van der Waals surface area contributed by atoms with Crippen LogP contribution in [0.5, 0.6) is 5.75 Å². The molecule has 1 aromatic carbocycles. The lowest BCUT2D eigenvalue weighted by Gasteiger charge is -2.23. The highest BCUT2D eigenvalue weighted by Gasteiger charge is 2.23. The van der Waals surface area contributed by atoms with Crippen LogP contribution >= 0.6 is 0 Å². The van der Waals surface area contributed by atoms with Gasteiger partial charge in [0, 0.05) is 18.7 Å². The first-order chi connectivity index (χ1) is 10.7. The summed E-state index contributed by atoms with van der Waals surface area (Å²) in [7, 11) is 0. The molecule has 0 unspecified atom stereocenters. The summed E-state index contributed by atoms with van der Waals surface area (Å²) >= 11 is 0. The van der Waals surface area contributed by atoms with E-state index in [0.29, 0.717) is 28.8 Å². The molecule has 0 bridgehead atoms. The molecular formula is C17H15N3O2. The van der Waals surface area contributed by atoms with Crippen molar-refractivity contribution in [3.8, 4) is 17.0 Å². The Hall–Kier alpha value is -2.66. The smallest absolute Gasteiger partial charge is 0.260 e. The van der Waals surface area contributed by atoms with Crippen LogP contribution in [0.25, 0.3) is 22.2 Å².